The second kappa shape index (κ2) is 4.71. The quantitative estimate of drug-likeness (QED) is 0.876. The number of hydrogen-bond acceptors (Lipinski definition) is 5. The van der Waals surface area contributed by atoms with E-state index >= 15 is 0 Å². The Hall–Kier alpha value is -1.95. The van der Waals surface area contributed by atoms with E-state index in [-0.39, 0.29) is 11.3 Å². The van der Waals surface area contributed by atoms with Gasteiger partial charge in [-0.05, 0) is 6.07 Å². The second-order valence-corrected chi connectivity index (χ2v) is 3.90. The molecule has 2 aromatic heterocycles. The van der Waals surface area contributed by atoms with Gasteiger partial charge in [0.05, 0.1) is 16.6 Å². The zero-order valence-corrected chi connectivity index (χ0v) is 8.98. The van der Waals surface area contributed by atoms with Gasteiger partial charge < -0.3 is 9.84 Å². The maximum Gasteiger partial charge on any atom is 0.339 e. The highest BCUT2D eigenvalue weighted by molar-refractivity contribution is 7.09. The molecule has 82 valence electrons. The number of rotatable bonds is 4. The molecule has 0 saturated heterocycles. The lowest BCUT2D eigenvalue weighted by atomic mass is 10.2. The Kier molecular flexibility index (Phi) is 3.11. The lowest BCUT2D eigenvalue weighted by Gasteiger charge is -2.06. The summed E-state index contributed by atoms with van der Waals surface area (Å²) in [6.45, 7) is 0.302. The zero-order chi connectivity index (χ0) is 11.4. The maximum absolute atomic E-state index is 10.9. The third-order valence-electron chi connectivity index (χ3n) is 1.87. The van der Waals surface area contributed by atoms with E-state index in [1.807, 2.05) is 0 Å². The van der Waals surface area contributed by atoms with Crippen LogP contribution in [0.25, 0.3) is 0 Å². The number of hydrogen-bond donors (Lipinski definition) is 1. The van der Waals surface area contributed by atoms with Crippen LogP contribution in [0.5, 0.6) is 5.75 Å². The molecule has 2 aromatic rings. The zero-order valence-electron chi connectivity index (χ0n) is 8.16. The molecule has 0 bridgehead atoms. The molecule has 0 aliphatic carbocycles. The molecule has 0 amide bonds. The van der Waals surface area contributed by atoms with E-state index in [2.05, 4.69) is 9.97 Å². The largest absolute Gasteiger partial charge is 0.485 e. The van der Waals surface area contributed by atoms with Gasteiger partial charge in [-0.1, -0.05) is 0 Å². The van der Waals surface area contributed by atoms with Crippen LogP contribution in [0.3, 0.4) is 0 Å². The van der Waals surface area contributed by atoms with Gasteiger partial charge >= 0.3 is 5.97 Å². The number of nitrogens with zero attached hydrogens (tertiary/aromatic N) is 2. The van der Waals surface area contributed by atoms with Crippen LogP contribution in [0.2, 0.25) is 0 Å². The van der Waals surface area contributed by atoms with Gasteiger partial charge in [-0.3, -0.25) is 9.97 Å². The molecule has 1 N–H and O–H groups in total. The molecule has 5 nitrogen and oxygen atoms in total. The van der Waals surface area contributed by atoms with Crippen molar-refractivity contribution < 1.29 is 14.6 Å². The smallest absolute Gasteiger partial charge is 0.339 e. The molecule has 0 atom stereocenters. The first-order valence-corrected chi connectivity index (χ1v) is 5.33. The van der Waals surface area contributed by atoms with Crippen molar-refractivity contribution in [3.05, 3.63) is 40.6 Å². The first kappa shape index (κ1) is 10.6. The summed E-state index contributed by atoms with van der Waals surface area (Å²) in [6, 6.07) is 1.41. The first-order valence-electron chi connectivity index (χ1n) is 4.45. The Labute approximate surface area is 95.4 Å². The summed E-state index contributed by atoms with van der Waals surface area (Å²) in [4.78, 5) is 19.5. The van der Waals surface area contributed by atoms with Gasteiger partial charge in [-0.2, -0.15) is 0 Å². The summed E-state index contributed by atoms with van der Waals surface area (Å²) in [5.41, 5.74) is 1.81. The molecule has 2 rings (SSSR count). The molecule has 6 heteroatoms. The van der Waals surface area contributed by atoms with Crippen LogP contribution < -0.4 is 4.74 Å². The lowest BCUT2D eigenvalue weighted by Crippen LogP contribution is -2.03. The Morgan fingerprint density at radius 3 is 3.00 bits per heavy atom. The molecule has 0 aromatic carbocycles. The molecule has 0 unspecified atom stereocenters. The van der Waals surface area contributed by atoms with E-state index in [1.54, 1.807) is 11.7 Å². The van der Waals surface area contributed by atoms with Gasteiger partial charge in [0.1, 0.15) is 12.2 Å². The van der Waals surface area contributed by atoms with Gasteiger partial charge in [0.2, 0.25) is 0 Å². The van der Waals surface area contributed by atoms with E-state index in [0.717, 1.165) is 4.88 Å². The number of aromatic carboxylic acids is 1. The van der Waals surface area contributed by atoms with Crippen LogP contribution >= 0.6 is 11.3 Å². The predicted molar refractivity (Wildman–Crippen MR) is 57.6 cm³/mol. The van der Waals surface area contributed by atoms with Gasteiger partial charge in [0.15, 0.2) is 5.75 Å². The third-order valence-corrected chi connectivity index (χ3v) is 2.62. The van der Waals surface area contributed by atoms with Gasteiger partial charge in [0.25, 0.3) is 0 Å². The fourth-order valence-corrected chi connectivity index (χ4v) is 1.64. The SMILES string of the molecule is O=C(O)c1ccncc1OCc1cncs1. The number of aromatic nitrogens is 2. The van der Waals surface area contributed by atoms with Crippen molar-refractivity contribution >= 4 is 17.3 Å². The summed E-state index contributed by atoms with van der Waals surface area (Å²) >= 11 is 1.45. The van der Waals surface area contributed by atoms with Crippen LogP contribution in [0, 0.1) is 0 Å². The highest BCUT2D eigenvalue weighted by Gasteiger charge is 2.10. The van der Waals surface area contributed by atoms with Gasteiger partial charge in [0, 0.05) is 12.4 Å². The number of thiazole rings is 1. The highest BCUT2D eigenvalue weighted by Crippen LogP contribution is 2.18. The van der Waals surface area contributed by atoms with Crippen LogP contribution in [-0.2, 0) is 6.61 Å². The molecule has 0 aliphatic rings. The summed E-state index contributed by atoms with van der Waals surface area (Å²) < 4.78 is 5.37. The molecular weight excluding hydrogens is 228 g/mol. The van der Waals surface area contributed by atoms with E-state index in [1.165, 1.54) is 29.8 Å². The minimum absolute atomic E-state index is 0.111. The minimum Gasteiger partial charge on any atom is -0.485 e. The van der Waals surface area contributed by atoms with Gasteiger partial charge in [-0.15, -0.1) is 11.3 Å². The Morgan fingerprint density at radius 1 is 1.44 bits per heavy atom. The Morgan fingerprint density at radius 2 is 2.31 bits per heavy atom. The average molecular weight is 236 g/mol. The van der Waals surface area contributed by atoms with Crippen LogP contribution in [-0.4, -0.2) is 21.0 Å². The molecule has 16 heavy (non-hydrogen) atoms. The number of pyridine rings is 1. The van der Waals surface area contributed by atoms with Crippen LogP contribution in [0.15, 0.2) is 30.2 Å². The Balaban J connectivity index is 2.12. The second-order valence-electron chi connectivity index (χ2n) is 2.93. The highest BCUT2D eigenvalue weighted by atomic mass is 32.1. The van der Waals surface area contributed by atoms with E-state index < -0.39 is 5.97 Å². The third kappa shape index (κ3) is 2.34. The summed E-state index contributed by atoms with van der Waals surface area (Å²) in [7, 11) is 0. The molecule has 0 saturated carbocycles. The number of ether oxygens (including phenoxy) is 1. The summed E-state index contributed by atoms with van der Waals surface area (Å²) in [5.74, 6) is -0.759. The average Bonchev–Trinajstić information content (AvgIpc) is 2.79. The molecule has 0 aliphatic heterocycles. The van der Waals surface area contributed by atoms with E-state index in [0.29, 0.717) is 6.61 Å². The van der Waals surface area contributed by atoms with Gasteiger partial charge in [-0.25, -0.2) is 4.79 Å². The molecule has 0 fully saturated rings. The maximum atomic E-state index is 10.9. The fourth-order valence-electron chi connectivity index (χ4n) is 1.13. The predicted octanol–water partition coefficient (Wildman–Crippen LogP) is 1.82. The molecular formula is C10H8N2O3S. The van der Waals surface area contributed by atoms with Crippen molar-refractivity contribution in [2.75, 3.05) is 0 Å². The monoisotopic (exact) mass is 236 g/mol. The lowest BCUT2D eigenvalue weighted by molar-refractivity contribution is 0.0691. The molecule has 0 spiro atoms. The van der Waals surface area contributed by atoms with Crippen molar-refractivity contribution in [1.82, 2.24) is 9.97 Å². The number of carbonyl (C=O) groups is 1. The fraction of sp³-hybridized carbons (Fsp3) is 0.100. The number of carboxylic acid groups (broad SMARTS) is 1. The minimum atomic E-state index is -1.03. The van der Waals surface area contributed by atoms with Crippen LogP contribution in [0.4, 0.5) is 0 Å². The topological polar surface area (TPSA) is 72.3 Å². The van der Waals surface area contributed by atoms with E-state index in [9.17, 15) is 4.79 Å². The molecule has 2 heterocycles. The summed E-state index contributed by atoms with van der Waals surface area (Å²) in [6.07, 6.45) is 4.50. The normalized spacial score (nSPS) is 10.0. The van der Waals surface area contributed by atoms with Crippen molar-refractivity contribution in [2.45, 2.75) is 6.61 Å². The first-order chi connectivity index (χ1) is 7.77. The van der Waals surface area contributed by atoms with E-state index in [4.69, 9.17) is 9.84 Å². The van der Waals surface area contributed by atoms with Crippen molar-refractivity contribution in [3.63, 3.8) is 0 Å². The Bertz CT molecular complexity index is 485. The van der Waals surface area contributed by atoms with Crippen molar-refractivity contribution in [2.24, 2.45) is 0 Å². The van der Waals surface area contributed by atoms with Crippen LogP contribution in [0.1, 0.15) is 15.2 Å². The number of carboxylic acids is 1. The van der Waals surface area contributed by atoms with Crippen molar-refractivity contribution in [3.8, 4) is 5.75 Å². The van der Waals surface area contributed by atoms with Crippen molar-refractivity contribution in [1.29, 1.82) is 0 Å². The standard InChI is InChI=1S/C10H8N2O3S/c13-10(14)8-1-2-11-4-9(8)15-5-7-3-12-6-16-7/h1-4,6H,5H2,(H,13,14). The summed E-state index contributed by atoms with van der Waals surface area (Å²) in [5, 5.41) is 8.91. The molecule has 0 radical (unpaired) electrons.